The summed E-state index contributed by atoms with van der Waals surface area (Å²) in [5.74, 6) is -2.13. The Bertz CT molecular complexity index is 935. The van der Waals surface area contributed by atoms with Crippen LogP contribution in [0.25, 0.3) is 0 Å². The standard InChI is InChI=1S/C19H15Cl3N2O4/c20-12-4-1-2-6-14(12)23-16(25)10-28-19(27)11-8-17(26)24(9-11)15-7-3-5-13(21)18(15)22/h1-7,11H,8-10H2,(H,23,25)/t11-/m1/s1. The van der Waals surface area contributed by atoms with Gasteiger partial charge < -0.3 is 15.0 Å². The molecule has 0 bridgehead atoms. The number of nitrogens with zero attached hydrogens (tertiary/aromatic N) is 1. The van der Waals surface area contributed by atoms with Crippen LogP contribution in [0.4, 0.5) is 11.4 Å². The minimum Gasteiger partial charge on any atom is -0.455 e. The first-order valence-corrected chi connectivity index (χ1v) is 9.45. The summed E-state index contributed by atoms with van der Waals surface area (Å²) < 4.78 is 5.05. The van der Waals surface area contributed by atoms with E-state index >= 15 is 0 Å². The van der Waals surface area contributed by atoms with Gasteiger partial charge in [0.2, 0.25) is 5.91 Å². The van der Waals surface area contributed by atoms with E-state index in [9.17, 15) is 14.4 Å². The normalized spacial score (nSPS) is 16.2. The van der Waals surface area contributed by atoms with Gasteiger partial charge in [-0.2, -0.15) is 0 Å². The molecule has 146 valence electrons. The smallest absolute Gasteiger partial charge is 0.311 e. The van der Waals surface area contributed by atoms with Gasteiger partial charge in [-0.3, -0.25) is 14.4 Å². The summed E-state index contributed by atoms with van der Waals surface area (Å²) in [5.41, 5.74) is 0.856. The van der Waals surface area contributed by atoms with Gasteiger partial charge in [-0.25, -0.2) is 0 Å². The van der Waals surface area contributed by atoms with Crippen LogP contribution in [0.2, 0.25) is 15.1 Å². The number of ether oxygens (including phenoxy) is 1. The molecule has 6 nitrogen and oxygen atoms in total. The first-order valence-electron chi connectivity index (χ1n) is 8.32. The molecule has 1 aliphatic rings. The summed E-state index contributed by atoms with van der Waals surface area (Å²) in [5, 5.41) is 3.48. The summed E-state index contributed by atoms with van der Waals surface area (Å²) in [4.78, 5) is 37.9. The second-order valence-electron chi connectivity index (χ2n) is 6.11. The monoisotopic (exact) mass is 440 g/mol. The van der Waals surface area contributed by atoms with Crippen molar-refractivity contribution in [1.29, 1.82) is 0 Å². The molecule has 0 radical (unpaired) electrons. The molecule has 0 aromatic heterocycles. The maximum atomic E-state index is 12.3. The third-order valence-corrected chi connectivity index (χ3v) is 5.31. The Balaban J connectivity index is 1.57. The second kappa shape index (κ2) is 8.82. The Kier molecular flexibility index (Phi) is 6.44. The molecule has 1 heterocycles. The second-order valence-corrected chi connectivity index (χ2v) is 7.31. The molecule has 2 aromatic rings. The molecule has 1 atom stereocenters. The fraction of sp³-hybridized carbons (Fsp3) is 0.211. The lowest BCUT2D eigenvalue weighted by Gasteiger charge is -2.18. The zero-order valence-electron chi connectivity index (χ0n) is 14.5. The number of nitrogens with one attached hydrogen (secondary N) is 1. The highest BCUT2D eigenvalue weighted by molar-refractivity contribution is 6.44. The number of para-hydroxylation sites is 1. The third kappa shape index (κ3) is 4.58. The first-order chi connectivity index (χ1) is 13.4. The number of halogens is 3. The molecule has 28 heavy (non-hydrogen) atoms. The van der Waals surface area contributed by atoms with Crippen molar-refractivity contribution in [3.63, 3.8) is 0 Å². The van der Waals surface area contributed by atoms with Gasteiger partial charge in [0.25, 0.3) is 5.91 Å². The van der Waals surface area contributed by atoms with Gasteiger partial charge >= 0.3 is 5.97 Å². The number of benzene rings is 2. The number of amides is 2. The lowest BCUT2D eigenvalue weighted by Crippen LogP contribution is -2.28. The van der Waals surface area contributed by atoms with Crippen LogP contribution >= 0.6 is 34.8 Å². The van der Waals surface area contributed by atoms with Crippen molar-refractivity contribution in [1.82, 2.24) is 0 Å². The Morgan fingerprint density at radius 3 is 2.54 bits per heavy atom. The Hall–Kier alpha value is -2.28. The molecule has 1 aliphatic heterocycles. The average molecular weight is 442 g/mol. The van der Waals surface area contributed by atoms with E-state index in [1.165, 1.54) is 4.90 Å². The van der Waals surface area contributed by atoms with Crippen molar-refractivity contribution < 1.29 is 19.1 Å². The van der Waals surface area contributed by atoms with Crippen LogP contribution < -0.4 is 10.2 Å². The number of hydrogen-bond donors (Lipinski definition) is 1. The number of esters is 1. The maximum Gasteiger partial charge on any atom is 0.311 e. The molecule has 0 saturated carbocycles. The van der Waals surface area contributed by atoms with Crippen LogP contribution in [0.1, 0.15) is 6.42 Å². The van der Waals surface area contributed by atoms with Gasteiger partial charge in [0.15, 0.2) is 6.61 Å². The van der Waals surface area contributed by atoms with E-state index in [1.807, 2.05) is 0 Å². The highest BCUT2D eigenvalue weighted by atomic mass is 35.5. The van der Waals surface area contributed by atoms with Crippen LogP contribution in [0.15, 0.2) is 42.5 Å². The summed E-state index contributed by atoms with van der Waals surface area (Å²) in [7, 11) is 0. The number of carbonyl (C=O) groups is 3. The lowest BCUT2D eigenvalue weighted by molar-refractivity contribution is -0.151. The SMILES string of the molecule is O=C(COC(=O)[C@@H]1CC(=O)N(c2cccc(Cl)c2Cl)C1)Nc1ccccc1Cl. The highest BCUT2D eigenvalue weighted by Crippen LogP contribution is 2.35. The van der Waals surface area contributed by atoms with Gasteiger partial charge in [-0.05, 0) is 24.3 Å². The van der Waals surface area contributed by atoms with E-state index in [4.69, 9.17) is 39.5 Å². The molecular formula is C19H15Cl3N2O4. The Morgan fingerprint density at radius 2 is 1.79 bits per heavy atom. The Morgan fingerprint density at radius 1 is 1.07 bits per heavy atom. The molecule has 9 heteroatoms. The summed E-state index contributed by atoms with van der Waals surface area (Å²) >= 11 is 18.1. The van der Waals surface area contributed by atoms with Gasteiger partial charge in [0.05, 0.1) is 32.4 Å². The lowest BCUT2D eigenvalue weighted by atomic mass is 10.1. The van der Waals surface area contributed by atoms with E-state index in [2.05, 4.69) is 5.32 Å². The summed E-state index contributed by atoms with van der Waals surface area (Å²) in [6.45, 7) is -0.378. The fourth-order valence-electron chi connectivity index (χ4n) is 2.80. The number of rotatable bonds is 5. The van der Waals surface area contributed by atoms with Crippen molar-refractivity contribution in [2.24, 2.45) is 5.92 Å². The zero-order chi connectivity index (χ0) is 20.3. The topological polar surface area (TPSA) is 75.7 Å². The third-order valence-electron chi connectivity index (χ3n) is 4.17. The summed E-state index contributed by atoms with van der Waals surface area (Å²) in [6, 6.07) is 11.6. The number of anilines is 2. The zero-order valence-corrected chi connectivity index (χ0v) is 16.7. The van der Waals surface area contributed by atoms with Crippen molar-refractivity contribution in [2.45, 2.75) is 6.42 Å². The first kappa shape index (κ1) is 20.5. The average Bonchev–Trinajstić information content (AvgIpc) is 3.05. The molecule has 2 amide bonds. The molecule has 0 aliphatic carbocycles. The molecule has 1 saturated heterocycles. The molecule has 1 N–H and O–H groups in total. The highest BCUT2D eigenvalue weighted by Gasteiger charge is 2.37. The molecular weight excluding hydrogens is 427 g/mol. The summed E-state index contributed by atoms with van der Waals surface area (Å²) in [6.07, 6.45) is -0.0339. The molecule has 2 aromatic carbocycles. The van der Waals surface area contributed by atoms with Crippen LogP contribution in [-0.4, -0.2) is 30.9 Å². The quantitative estimate of drug-likeness (QED) is 0.706. The molecule has 0 unspecified atom stereocenters. The van der Waals surface area contributed by atoms with Crippen molar-refractivity contribution >= 4 is 64.0 Å². The van der Waals surface area contributed by atoms with Crippen molar-refractivity contribution in [3.8, 4) is 0 Å². The van der Waals surface area contributed by atoms with Gasteiger partial charge in [-0.1, -0.05) is 53.0 Å². The predicted molar refractivity (Wildman–Crippen MR) is 108 cm³/mol. The molecule has 1 fully saturated rings. The van der Waals surface area contributed by atoms with Crippen molar-refractivity contribution in [3.05, 3.63) is 57.5 Å². The van der Waals surface area contributed by atoms with Crippen LogP contribution in [0.5, 0.6) is 0 Å². The molecule has 0 spiro atoms. The fourth-order valence-corrected chi connectivity index (χ4v) is 3.38. The largest absolute Gasteiger partial charge is 0.455 e. The van der Waals surface area contributed by atoms with Crippen LogP contribution in [0, 0.1) is 5.92 Å². The van der Waals surface area contributed by atoms with Crippen molar-refractivity contribution in [2.75, 3.05) is 23.4 Å². The van der Waals surface area contributed by atoms with Crippen LogP contribution in [0.3, 0.4) is 0 Å². The Labute approximate surface area is 176 Å². The number of carbonyl (C=O) groups excluding carboxylic acids is 3. The minimum atomic E-state index is -0.698. The van der Waals surface area contributed by atoms with E-state index in [1.54, 1.807) is 42.5 Å². The van der Waals surface area contributed by atoms with E-state index in [-0.39, 0.29) is 23.9 Å². The van der Waals surface area contributed by atoms with Gasteiger partial charge in [0.1, 0.15) is 0 Å². The minimum absolute atomic E-state index is 0.0339. The van der Waals surface area contributed by atoms with E-state index in [0.717, 1.165) is 0 Å². The van der Waals surface area contributed by atoms with E-state index in [0.29, 0.717) is 21.4 Å². The van der Waals surface area contributed by atoms with E-state index < -0.39 is 24.4 Å². The molecule has 3 rings (SSSR count). The number of hydrogen-bond acceptors (Lipinski definition) is 4. The predicted octanol–water partition coefficient (Wildman–Crippen LogP) is 4.18. The van der Waals surface area contributed by atoms with Gasteiger partial charge in [0, 0.05) is 13.0 Å². The van der Waals surface area contributed by atoms with Gasteiger partial charge in [-0.15, -0.1) is 0 Å². The van der Waals surface area contributed by atoms with Crippen LogP contribution in [-0.2, 0) is 19.1 Å². The maximum absolute atomic E-state index is 12.3.